The number of anilines is 2. The molecular weight excluding hydrogens is 132 g/mol. The molecule has 0 fully saturated rings. The molecule has 0 radical (unpaired) electrons. The van der Waals surface area contributed by atoms with Crippen LogP contribution in [0.5, 0.6) is 0 Å². The van der Waals surface area contributed by atoms with E-state index >= 15 is 0 Å². The van der Waals surface area contributed by atoms with Gasteiger partial charge in [-0.25, -0.2) is 0 Å². The summed E-state index contributed by atoms with van der Waals surface area (Å²) in [6.07, 6.45) is 0. The molecule has 0 aliphatic rings. The van der Waals surface area contributed by atoms with Crippen LogP contribution in [0.4, 0.5) is 11.4 Å². The van der Waals surface area contributed by atoms with Gasteiger partial charge in [-0.05, 0) is 18.2 Å². The Morgan fingerprint density at radius 2 is 1.44 bits per heavy atom. The van der Waals surface area contributed by atoms with Crippen LogP contribution in [0.1, 0.15) is 0 Å². The molecular formula is C6H8N2S. The largest absolute Gasteiger partial charge is 0.399 e. The summed E-state index contributed by atoms with van der Waals surface area (Å²) < 4.78 is 0. The molecule has 1 rings (SSSR count). The minimum atomic E-state index is 0.653. The van der Waals surface area contributed by atoms with Crippen LogP contribution in [-0.2, 0) is 0 Å². The van der Waals surface area contributed by atoms with Crippen molar-refractivity contribution in [3.8, 4) is 0 Å². The van der Waals surface area contributed by atoms with E-state index in [2.05, 4.69) is 12.6 Å². The van der Waals surface area contributed by atoms with Crippen molar-refractivity contribution in [2.24, 2.45) is 0 Å². The first-order valence-electron chi connectivity index (χ1n) is 2.53. The Balaban J connectivity index is 3.17. The molecule has 0 heterocycles. The van der Waals surface area contributed by atoms with E-state index in [0.29, 0.717) is 11.4 Å². The van der Waals surface area contributed by atoms with Crippen molar-refractivity contribution in [1.82, 2.24) is 0 Å². The summed E-state index contributed by atoms with van der Waals surface area (Å²) in [5.41, 5.74) is 12.2. The summed E-state index contributed by atoms with van der Waals surface area (Å²) in [5.74, 6) is 0. The van der Waals surface area contributed by atoms with Gasteiger partial charge in [-0.2, -0.15) is 0 Å². The van der Waals surface area contributed by atoms with Gasteiger partial charge in [0.2, 0.25) is 0 Å². The first-order chi connectivity index (χ1) is 4.18. The fourth-order valence-electron chi connectivity index (χ4n) is 0.659. The van der Waals surface area contributed by atoms with Gasteiger partial charge in [0.1, 0.15) is 0 Å². The number of benzene rings is 1. The van der Waals surface area contributed by atoms with E-state index in [1.807, 2.05) is 0 Å². The standard InChI is InChI=1S/C6H8N2S/c7-4-1-5(8)3-6(9)2-4/h1-3,9H,7-8H2. The van der Waals surface area contributed by atoms with E-state index < -0.39 is 0 Å². The maximum absolute atomic E-state index is 5.43. The Labute approximate surface area is 59.3 Å². The van der Waals surface area contributed by atoms with Gasteiger partial charge in [0, 0.05) is 16.3 Å². The lowest BCUT2D eigenvalue weighted by Crippen LogP contribution is -1.88. The van der Waals surface area contributed by atoms with Crippen molar-refractivity contribution in [1.29, 1.82) is 0 Å². The molecule has 4 N–H and O–H groups in total. The summed E-state index contributed by atoms with van der Waals surface area (Å²) in [7, 11) is 0. The molecule has 0 unspecified atom stereocenters. The molecule has 3 heteroatoms. The highest BCUT2D eigenvalue weighted by molar-refractivity contribution is 7.80. The van der Waals surface area contributed by atoms with Crippen LogP contribution in [0.15, 0.2) is 23.1 Å². The van der Waals surface area contributed by atoms with Gasteiger partial charge in [-0.1, -0.05) is 0 Å². The molecule has 48 valence electrons. The van der Waals surface area contributed by atoms with Gasteiger partial charge >= 0.3 is 0 Å². The second kappa shape index (κ2) is 2.19. The van der Waals surface area contributed by atoms with E-state index in [4.69, 9.17) is 11.5 Å². The van der Waals surface area contributed by atoms with Crippen LogP contribution in [-0.4, -0.2) is 0 Å². The molecule has 0 aliphatic carbocycles. The monoisotopic (exact) mass is 140 g/mol. The molecule has 0 aliphatic heterocycles. The van der Waals surface area contributed by atoms with E-state index in [1.54, 1.807) is 18.2 Å². The van der Waals surface area contributed by atoms with Crippen LogP contribution in [0.25, 0.3) is 0 Å². The molecule has 0 aromatic heterocycles. The van der Waals surface area contributed by atoms with Crippen molar-refractivity contribution < 1.29 is 0 Å². The average molecular weight is 140 g/mol. The third kappa shape index (κ3) is 1.54. The minimum absolute atomic E-state index is 0.653. The number of nitrogens with two attached hydrogens (primary N) is 2. The van der Waals surface area contributed by atoms with Crippen LogP contribution < -0.4 is 11.5 Å². The number of hydrogen-bond acceptors (Lipinski definition) is 3. The Morgan fingerprint density at radius 1 is 1.00 bits per heavy atom. The maximum atomic E-state index is 5.43. The second-order valence-electron chi connectivity index (χ2n) is 1.86. The van der Waals surface area contributed by atoms with Gasteiger partial charge in [0.15, 0.2) is 0 Å². The SMILES string of the molecule is Nc1cc(N)cc(S)c1. The Morgan fingerprint density at radius 3 is 1.78 bits per heavy atom. The highest BCUT2D eigenvalue weighted by Crippen LogP contribution is 2.15. The molecule has 0 spiro atoms. The maximum Gasteiger partial charge on any atom is 0.0345 e. The third-order valence-corrected chi connectivity index (χ3v) is 1.22. The fraction of sp³-hybridized carbons (Fsp3) is 0. The van der Waals surface area contributed by atoms with Crippen molar-refractivity contribution in [2.45, 2.75) is 4.90 Å². The molecule has 0 saturated carbocycles. The summed E-state index contributed by atoms with van der Waals surface area (Å²) in [6.45, 7) is 0. The molecule has 0 atom stereocenters. The van der Waals surface area contributed by atoms with Gasteiger partial charge in [0.05, 0.1) is 0 Å². The van der Waals surface area contributed by atoms with Gasteiger partial charge in [0.25, 0.3) is 0 Å². The zero-order valence-electron chi connectivity index (χ0n) is 4.83. The molecule has 2 nitrogen and oxygen atoms in total. The summed E-state index contributed by atoms with van der Waals surface area (Å²) in [4.78, 5) is 0.799. The van der Waals surface area contributed by atoms with E-state index in [-0.39, 0.29) is 0 Å². The van der Waals surface area contributed by atoms with Crippen molar-refractivity contribution >= 4 is 24.0 Å². The molecule has 0 saturated heterocycles. The van der Waals surface area contributed by atoms with Crippen LogP contribution in [0.2, 0.25) is 0 Å². The van der Waals surface area contributed by atoms with E-state index in [0.717, 1.165) is 4.90 Å². The lowest BCUT2D eigenvalue weighted by atomic mass is 10.3. The molecule has 1 aromatic rings. The third-order valence-electron chi connectivity index (χ3n) is 0.962. The molecule has 1 aromatic carbocycles. The van der Waals surface area contributed by atoms with Crippen LogP contribution >= 0.6 is 12.6 Å². The molecule has 0 bridgehead atoms. The van der Waals surface area contributed by atoms with E-state index in [1.165, 1.54) is 0 Å². The fourth-order valence-corrected chi connectivity index (χ4v) is 0.957. The summed E-state index contributed by atoms with van der Waals surface area (Å²) in [5, 5.41) is 0. The molecule has 0 amide bonds. The van der Waals surface area contributed by atoms with Gasteiger partial charge in [-0.15, -0.1) is 12.6 Å². The smallest absolute Gasteiger partial charge is 0.0345 e. The first kappa shape index (κ1) is 6.29. The van der Waals surface area contributed by atoms with Gasteiger partial charge in [-0.3, -0.25) is 0 Å². The number of hydrogen-bond donors (Lipinski definition) is 3. The lowest BCUT2D eigenvalue weighted by Gasteiger charge is -1.96. The number of rotatable bonds is 0. The Bertz CT molecular complexity index is 172. The normalized spacial score (nSPS) is 9.44. The Hall–Kier alpha value is -0.830. The zero-order chi connectivity index (χ0) is 6.85. The van der Waals surface area contributed by atoms with Crippen molar-refractivity contribution in [3.05, 3.63) is 18.2 Å². The van der Waals surface area contributed by atoms with Crippen molar-refractivity contribution in [3.63, 3.8) is 0 Å². The Kier molecular flexibility index (Phi) is 1.53. The summed E-state index contributed by atoms with van der Waals surface area (Å²) in [6, 6.07) is 5.19. The highest BCUT2D eigenvalue weighted by Gasteiger charge is 1.89. The quantitative estimate of drug-likeness (QED) is 0.374. The highest BCUT2D eigenvalue weighted by atomic mass is 32.1. The number of nitrogen functional groups attached to an aromatic ring is 2. The second-order valence-corrected chi connectivity index (χ2v) is 2.37. The summed E-state index contributed by atoms with van der Waals surface area (Å²) >= 11 is 4.06. The number of thiol groups is 1. The predicted molar refractivity (Wildman–Crippen MR) is 42.5 cm³/mol. The van der Waals surface area contributed by atoms with E-state index in [9.17, 15) is 0 Å². The minimum Gasteiger partial charge on any atom is -0.399 e. The topological polar surface area (TPSA) is 52.0 Å². The van der Waals surface area contributed by atoms with Crippen LogP contribution in [0, 0.1) is 0 Å². The zero-order valence-corrected chi connectivity index (χ0v) is 5.73. The molecule has 9 heavy (non-hydrogen) atoms. The van der Waals surface area contributed by atoms with Crippen LogP contribution in [0.3, 0.4) is 0 Å². The predicted octanol–water partition coefficient (Wildman–Crippen LogP) is 1.14. The first-order valence-corrected chi connectivity index (χ1v) is 2.98. The van der Waals surface area contributed by atoms with Gasteiger partial charge < -0.3 is 11.5 Å². The lowest BCUT2D eigenvalue weighted by molar-refractivity contribution is 1.48. The van der Waals surface area contributed by atoms with Crippen molar-refractivity contribution in [2.75, 3.05) is 11.5 Å². The average Bonchev–Trinajstić information content (AvgIpc) is 1.59.